The Balaban J connectivity index is 2.22. The minimum Gasteiger partial charge on any atom is -0.333 e. The van der Waals surface area contributed by atoms with Crippen molar-refractivity contribution in [2.75, 3.05) is 11.5 Å². The number of hydrogen-bond donors (Lipinski definition) is 1. The predicted octanol–water partition coefficient (Wildman–Crippen LogP) is 2.63. The highest BCUT2D eigenvalue weighted by molar-refractivity contribution is 9.10. The fourth-order valence-electron chi connectivity index (χ4n) is 1.65. The average Bonchev–Trinajstić information content (AvgIpc) is 2.81. The molecule has 1 aromatic heterocycles. The number of nitriles is 1. The normalized spacial score (nSPS) is 22.5. The average molecular weight is 347 g/mol. The highest BCUT2D eigenvalue weighted by Crippen LogP contribution is 2.28. The zero-order chi connectivity index (χ0) is 13.2. The highest BCUT2D eigenvalue weighted by Gasteiger charge is 2.36. The highest BCUT2D eigenvalue weighted by atomic mass is 79.9. The Bertz CT molecular complexity index is 526. The van der Waals surface area contributed by atoms with Gasteiger partial charge >= 0.3 is 0 Å². The van der Waals surface area contributed by atoms with E-state index in [-0.39, 0.29) is 16.6 Å². The van der Waals surface area contributed by atoms with Crippen LogP contribution in [0.25, 0.3) is 0 Å². The van der Waals surface area contributed by atoms with E-state index in [0.29, 0.717) is 16.6 Å². The van der Waals surface area contributed by atoms with Crippen molar-refractivity contribution in [2.45, 2.75) is 12.0 Å². The summed E-state index contributed by atoms with van der Waals surface area (Å²) in [5.41, 5.74) is -0.509. The maximum atomic E-state index is 12.1. The van der Waals surface area contributed by atoms with Crippen LogP contribution in [-0.2, 0) is 0 Å². The zero-order valence-corrected chi connectivity index (χ0v) is 12.4. The van der Waals surface area contributed by atoms with Crippen LogP contribution in [0.15, 0.2) is 16.7 Å². The second-order valence-corrected chi connectivity index (χ2v) is 6.32. The van der Waals surface area contributed by atoms with Gasteiger partial charge in [-0.25, -0.2) is 4.98 Å². The van der Waals surface area contributed by atoms with Crippen molar-refractivity contribution >= 4 is 45.2 Å². The minimum absolute atomic E-state index is 0.134. The molecule has 2 rings (SSSR count). The molecule has 1 amide bonds. The summed E-state index contributed by atoms with van der Waals surface area (Å²) in [6.45, 7) is 0. The smallest absolute Gasteiger partial charge is 0.255 e. The Hall–Kier alpha value is -0.770. The van der Waals surface area contributed by atoms with Gasteiger partial charge in [0.1, 0.15) is 10.7 Å². The molecule has 0 radical (unpaired) electrons. The lowest BCUT2D eigenvalue weighted by molar-refractivity contribution is 0.0926. The molecule has 0 aromatic carbocycles. The van der Waals surface area contributed by atoms with E-state index in [0.717, 1.165) is 5.75 Å². The molecule has 18 heavy (non-hydrogen) atoms. The van der Waals surface area contributed by atoms with E-state index in [1.54, 1.807) is 17.8 Å². The van der Waals surface area contributed by atoms with Gasteiger partial charge in [-0.3, -0.25) is 4.79 Å². The van der Waals surface area contributed by atoms with Crippen molar-refractivity contribution in [1.29, 1.82) is 5.26 Å². The first-order valence-corrected chi connectivity index (χ1v) is 7.51. The number of pyridine rings is 1. The molecule has 1 aliphatic rings. The Kier molecular flexibility index (Phi) is 4.15. The largest absolute Gasteiger partial charge is 0.333 e. The minimum atomic E-state index is -0.784. The number of amides is 1. The Labute approximate surface area is 122 Å². The number of thioether (sulfide) groups is 1. The van der Waals surface area contributed by atoms with Crippen LogP contribution in [-0.4, -0.2) is 27.9 Å². The first kappa shape index (κ1) is 13.7. The topological polar surface area (TPSA) is 65.8 Å². The number of nitrogens with one attached hydrogen (secondary N) is 1. The Morgan fingerprint density at radius 1 is 1.72 bits per heavy atom. The molecule has 1 N–H and O–H groups in total. The number of carbonyl (C=O) groups is 1. The van der Waals surface area contributed by atoms with E-state index in [4.69, 9.17) is 11.6 Å². The summed E-state index contributed by atoms with van der Waals surface area (Å²) >= 11 is 10.8. The van der Waals surface area contributed by atoms with Gasteiger partial charge in [0.05, 0.1) is 11.6 Å². The third-order valence-electron chi connectivity index (χ3n) is 2.64. The fourth-order valence-corrected chi connectivity index (χ4v) is 3.43. The molecule has 2 heterocycles. The van der Waals surface area contributed by atoms with E-state index >= 15 is 0 Å². The number of aromatic nitrogens is 1. The molecule has 0 saturated carbocycles. The maximum Gasteiger partial charge on any atom is 0.255 e. The molecule has 7 heteroatoms. The van der Waals surface area contributed by atoms with Gasteiger partial charge in [-0.15, -0.1) is 0 Å². The van der Waals surface area contributed by atoms with Crippen molar-refractivity contribution in [2.24, 2.45) is 0 Å². The van der Waals surface area contributed by atoms with Gasteiger partial charge in [0.15, 0.2) is 0 Å². The van der Waals surface area contributed by atoms with Crippen molar-refractivity contribution < 1.29 is 4.79 Å². The van der Waals surface area contributed by atoms with E-state index in [1.807, 2.05) is 0 Å². The summed E-state index contributed by atoms with van der Waals surface area (Å²) in [5.74, 6) is 1.12. The number of hydrogen-bond acceptors (Lipinski definition) is 4. The number of halogens is 2. The number of carbonyl (C=O) groups excluding carboxylic acids is 1. The molecule has 1 saturated heterocycles. The third-order valence-corrected chi connectivity index (χ3v) is 4.56. The van der Waals surface area contributed by atoms with E-state index in [1.165, 1.54) is 6.20 Å². The zero-order valence-electron chi connectivity index (χ0n) is 9.24. The van der Waals surface area contributed by atoms with E-state index < -0.39 is 5.54 Å². The van der Waals surface area contributed by atoms with Crippen LogP contribution < -0.4 is 5.32 Å². The van der Waals surface area contributed by atoms with Crippen LogP contribution in [0.3, 0.4) is 0 Å². The van der Waals surface area contributed by atoms with Crippen LogP contribution >= 0.6 is 39.3 Å². The molecule has 0 aliphatic carbocycles. The second kappa shape index (κ2) is 5.47. The molecule has 1 fully saturated rings. The van der Waals surface area contributed by atoms with Crippen molar-refractivity contribution in [3.63, 3.8) is 0 Å². The van der Waals surface area contributed by atoms with Crippen LogP contribution in [0.1, 0.15) is 16.8 Å². The van der Waals surface area contributed by atoms with Crippen molar-refractivity contribution in [3.05, 3.63) is 27.5 Å². The maximum absolute atomic E-state index is 12.1. The van der Waals surface area contributed by atoms with Gasteiger partial charge in [-0.1, -0.05) is 11.6 Å². The monoisotopic (exact) mass is 345 g/mol. The lowest BCUT2D eigenvalue weighted by Crippen LogP contribution is -2.47. The Morgan fingerprint density at radius 2 is 2.50 bits per heavy atom. The molecular weight excluding hydrogens is 338 g/mol. The van der Waals surface area contributed by atoms with Gasteiger partial charge in [0.25, 0.3) is 5.91 Å². The molecule has 0 bridgehead atoms. The summed E-state index contributed by atoms with van der Waals surface area (Å²) in [5, 5.41) is 12.1. The van der Waals surface area contributed by atoms with Gasteiger partial charge in [0.2, 0.25) is 0 Å². The molecule has 1 unspecified atom stereocenters. The van der Waals surface area contributed by atoms with Crippen LogP contribution in [0, 0.1) is 11.3 Å². The summed E-state index contributed by atoms with van der Waals surface area (Å²) in [7, 11) is 0. The summed E-state index contributed by atoms with van der Waals surface area (Å²) in [6.07, 6.45) is 2.17. The number of rotatable bonds is 2. The molecule has 0 spiro atoms. The molecule has 1 aromatic rings. The van der Waals surface area contributed by atoms with Gasteiger partial charge < -0.3 is 5.32 Å². The Morgan fingerprint density at radius 3 is 3.11 bits per heavy atom. The summed E-state index contributed by atoms with van der Waals surface area (Å²) < 4.78 is 0.670. The SMILES string of the molecule is N#CC1(NC(=O)c2cc(Br)cnc2Cl)CCSC1. The van der Waals surface area contributed by atoms with Crippen LogP contribution in [0.5, 0.6) is 0 Å². The quantitative estimate of drug-likeness (QED) is 0.836. The molecule has 94 valence electrons. The molecular formula is C11H9BrClN3OS. The van der Waals surface area contributed by atoms with Gasteiger partial charge in [-0.2, -0.15) is 17.0 Å². The standard InChI is InChI=1S/C11H9BrClN3OS/c12-7-3-8(9(13)15-4-7)10(17)16-11(5-14)1-2-18-6-11/h3-4H,1-2,6H2,(H,16,17). The molecule has 4 nitrogen and oxygen atoms in total. The van der Waals surface area contributed by atoms with E-state index in [9.17, 15) is 10.1 Å². The van der Waals surface area contributed by atoms with Gasteiger partial charge in [-0.05, 0) is 34.2 Å². The first-order valence-electron chi connectivity index (χ1n) is 5.19. The lowest BCUT2D eigenvalue weighted by Gasteiger charge is -2.21. The second-order valence-electron chi connectivity index (χ2n) is 3.94. The first-order chi connectivity index (χ1) is 8.56. The van der Waals surface area contributed by atoms with Crippen molar-refractivity contribution in [1.82, 2.24) is 10.3 Å². The van der Waals surface area contributed by atoms with E-state index in [2.05, 4.69) is 32.3 Å². The molecule has 1 atom stereocenters. The number of nitrogens with zero attached hydrogens (tertiary/aromatic N) is 2. The summed E-state index contributed by atoms with van der Waals surface area (Å²) in [4.78, 5) is 16.0. The third kappa shape index (κ3) is 2.79. The lowest BCUT2D eigenvalue weighted by atomic mass is 10.0. The van der Waals surface area contributed by atoms with Gasteiger partial charge in [0, 0.05) is 16.4 Å². The predicted molar refractivity (Wildman–Crippen MR) is 74.7 cm³/mol. The van der Waals surface area contributed by atoms with Crippen molar-refractivity contribution in [3.8, 4) is 6.07 Å². The molecule has 1 aliphatic heterocycles. The fraction of sp³-hybridized carbons (Fsp3) is 0.364. The van der Waals surface area contributed by atoms with Crippen LogP contribution in [0.2, 0.25) is 5.15 Å². The summed E-state index contributed by atoms with van der Waals surface area (Å²) in [6, 6.07) is 3.78. The van der Waals surface area contributed by atoms with Crippen LogP contribution in [0.4, 0.5) is 0 Å².